The second-order valence-electron chi connectivity index (χ2n) is 3.57. The molecular formula is C10H11N3O2. The SMILES string of the molecule is CC(N)(C(=O)O)n1ncc2ccccc21. The molecule has 1 unspecified atom stereocenters. The molecule has 0 radical (unpaired) electrons. The number of benzene rings is 1. The van der Waals surface area contributed by atoms with E-state index >= 15 is 0 Å². The topological polar surface area (TPSA) is 81.1 Å². The molecule has 78 valence electrons. The highest BCUT2D eigenvalue weighted by molar-refractivity contribution is 5.82. The molecule has 0 aliphatic heterocycles. The van der Waals surface area contributed by atoms with Crippen LogP contribution < -0.4 is 5.73 Å². The van der Waals surface area contributed by atoms with Gasteiger partial charge in [-0.25, -0.2) is 9.48 Å². The molecule has 1 heterocycles. The monoisotopic (exact) mass is 205 g/mol. The van der Waals surface area contributed by atoms with Gasteiger partial charge in [0.25, 0.3) is 0 Å². The molecule has 3 N–H and O–H groups in total. The fraction of sp³-hybridized carbons (Fsp3) is 0.200. The summed E-state index contributed by atoms with van der Waals surface area (Å²) in [5.74, 6) is -1.11. The summed E-state index contributed by atoms with van der Waals surface area (Å²) in [6.45, 7) is 1.41. The Bertz CT molecular complexity index is 516. The number of nitrogens with two attached hydrogens (primary N) is 1. The molecule has 5 heteroatoms. The Labute approximate surface area is 86.1 Å². The molecule has 0 aliphatic rings. The fourth-order valence-electron chi connectivity index (χ4n) is 1.43. The van der Waals surface area contributed by atoms with E-state index in [1.54, 1.807) is 12.3 Å². The van der Waals surface area contributed by atoms with Gasteiger partial charge >= 0.3 is 5.97 Å². The Kier molecular flexibility index (Phi) is 1.97. The summed E-state index contributed by atoms with van der Waals surface area (Å²) in [6.07, 6.45) is 1.60. The van der Waals surface area contributed by atoms with Gasteiger partial charge in [-0.15, -0.1) is 0 Å². The van der Waals surface area contributed by atoms with Crippen molar-refractivity contribution in [1.29, 1.82) is 0 Å². The number of fused-ring (bicyclic) bond motifs is 1. The maximum Gasteiger partial charge on any atom is 0.346 e. The van der Waals surface area contributed by atoms with Crippen LogP contribution in [-0.2, 0) is 10.5 Å². The molecule has 1 aromatic carbocycles. The highest BCUT2D eigenvalue weighted by Crippen LogP contribution is 2.18. The van der Waals surface area contributed by atoms with Crippen LogP contribution >= 0.6 is 0 Å². The van der Waals surface area contributed by atoms with Crippen molar-refractivity contribution in [3.05, 3.63) is 30.5 Å². The number of carboxylic acids is 1. The van der Waals surface area contributed by atoms with Crippen LogP contribution in [0.25, 0.3) is 10.9 Å². The quantitative estimate of drug-likeness (QED) is 0.758. The van der Waals surface area contributed by atoms with E-state index in [0.29, 0.717) is 5.52 Å². The molecule has 5 nitrogen and oxygen atoms in total. The smallest absolute Gasteiger partial charge is 0.346 e. The summed E-state index contributed by atoms with van der Waals surface area (Å²) >= 11 is 0. The van der Waals surface area contributed by atoms with Gasteiger partial charge in [-0.1, -0.05) is 18.2 Å². The first-order valence-electron chi connectivity index (χ1n) is 4.49. The minimum atomic E-state index is -1.52. The number of aromatic nitrogens is 2. The average Bonchev–Trinajstić information content (AvgIpc) is 2.61. The number of hydrogen-bond acceptors (Lipinski definition) is 3. The predicted octanol–water partition coefficient (Wildman–Crippen LogP) is 0.752. The second-order valence-corrected chi connectivity index (χ2v) is 3.57. The third-order valence-electron chi connectivity index (χ3n) is 2.35. The van der Waals surface area contributed by atoms with Crippen molar-refractivity contribution in [2.75, 3.05) is 0 Å². The van der Waals surface area contributed by atoms with Gasteiger partial charge in [0.15, 0.2) is 0 Å². The molecule has 0 aliphatic carbocycles. The lowest BCUT2D eigenvalue weighted by Gasteiger charge is -2.20. The summed E-state index contributed by atoms with van der Waals surface area (Å²) < 4.78 is 1.31. The van der Waals surface area contributed by atoms with E-state index in [1.165, 1.54) is 11.6 Å². The van der Waals surface area contributed by atoms with Gasteiger partial charge in [-0.3, -0.25) is 5.73 Å². The number of carbonyl (C=O) groups is 1. The van der Waals surface area contributed by atoms with Gasteiger partial charge in [0.2, 0.25) is 5.66 Å². The number of nitrogens with zero attached hydrogens (tertiary/aromatic N) is 2. The van der Waals surface area contributed by atoms with Crippen LogP contribution in [0.5, 0.6) is 0 Å². The van der Waals surface area contributed by atoms with E-state index in [-0.39, 0.29) is 0 Å². The summed E-state index contributed by atoms with van der Waals surface area (Å²) in [6, 6.07) is 7.33. The van der Waals surface area contributed by atoms with Gasteiger partial charge in [0.05, 0.1) is 11.7 Å². The molecule has 0 bridgehead atoms. The number of aliphatic carboxylic acids is 1. The van der Waals surface area contributed by atoms with Crippen molar-refractivity contribution < 1.29 is 9.90 Å². The molecule has 1 aromatic heterocycles. The number of para-hydroxylation sites is 1. The van der Waals surface area contributed by atoms with E-state index in [0.717, 1.165) is 5.39 Å². The van der Waals surface area contributed by atoms with Gasteiger partial charge in [0, 0.05) is 5.39 Å². The maximum absolute atomic E-state index is 11.0. The van der Waals surface area contributed by atoms with Crippen LogP contribution in [0, 0.1) is 0 Å². The van der Waals surface area contributed by atoms with Crippen molar-refractivity contribution in [3.63, 3.8) is 0 Å². The van der Waals surface area contributed by atoms with Crippen LogP contribution in [0.1, 0.15) is 6.92 Å². The maximum atomic E-state index is 11.0. The van der Waals surface area contributed by atoms with E-state index < -0.39 is 11.6 Å². The first kappa shape index (κ1) is 9.67. The molecule has 0 saturated heterocycles. The lowest BCUT2D eigenvalue weighted by molar-refractivity contribution is -0.146. The van der Waals surface area contributed by atoms with Crippen molar-refractivity contribution in [1.82, 2.24) is 9.78 Å². The lowest BCUT2D eigenvalue weighted by atomic mass is 10.2. The Hall–Kier alpha value is -1.88. The van der Waals surface area contributed by atoms with E-state index in [2.05, 4.69) is 5.10 Å². The van der Waals surface area contributed by atoms with E-state index in [9.17, 15) is 4.79 Å². The summed E-state index contributed by atoms with van der Waals surface area (Å²) in [4.78, 5) is 11.0. The molecule has 0 saturated carbocycles. The molecule has 15 heavy (non-hydrogen) atoms. The Morgan fingerprint density at radius 1 is 1.53 bits per heavy atom. The Morgan fingerprint density at radius 3 is 2.87 bits per heavy atom. The molecular weight excluding hydrogens is 194 g/mol. The Morgan fingerprint density at radius 2 is 2.20 bits per heavy atom. The largest absolute Gasteiger partial charge is 0.478 e. The number of hydrogen-bond donors (Lipinski definition) is 2. The van der Waals surface area contributed by atoms with Crippen molar-refractivity contribution in [2.45, 2.75) is 12.6 Å². The van der Waals surface area contributed by atoms with Crippen molar-refractivity contribution in [2.24, 2.45) is 5.73 Å². The fourth-order valence-corrected chi connectivity index (χ4v) is 1.43. The molecule has 0 fully saturated rings. The van der Waals surface area contributed by atoms with Crippen LogP contribution in [0.3, 0.4) is 0 Å². The zero-order valence-electron chi connectivity index (χ0n) is 8.21. The molecule has 1 atom stereocenters. The zero-order valence-corrected chi connectivity index (χ0v) is 8.21. The number of rotatable bonds is 2. The molecule has 0 spiro atoms. The van der Waals surface area contributed by atoms with Crippen LogP contribution in [0.4, 0.5) is 0 Å². The van der Waals surface area contributed by atoms with E-state index in [4.69, 9.17) is 10.8 Å². The van der Waals surface area contributed by atoms with Crippen molar-refractivity contribution in [3.8, 4) is 0 Å². The summed E-state index contributed by atoms with van der Waals surface area (Å²) in [5.41, 5.74) is 4.88. The summed E-state index contributed by atoms with van der Waals surface area (Å²) in [5, 5.41) is 13.9. The van der Waals surface area contributed by atoms with Crippen molar-refractivity contribution >= 4 is 16.9 Å². The van der Waals surface area contributed by atoms with Gasteiger partial charge < -0.3 is 5.11 Å². The average molecular weight is 205 g/mol. The molecule has 2 rings (SSSR count). The third kappa shape index (κ3) is 1.37. The standard InChI is InChI=1S/C10H11N3O2/c1-10(11,9(14)15)13-8-5-3-2-4-7(8)6-12-13/h2-6H,11H2,1H3,(H,14,15). The first-order valence-corrected chi connectivity index (χ1v) is 4.49. The second kappa shape index (κ2) is 3.06. The Balaban J connectivity index is 2.67. The molecule has 2 aromatic rings. The van der Waals surface area contributed by atoms with Crippen LogP contribution in [0.15, 0.2) is 30.5 Å². The lowest BCUT2D eigenvalue weighted by Crippen LogP contribution is -2.48. The summed E-state index contributed by atoms with van der Waals surface area (Å²) in [7, 11) is 0. The normalized spacial score (nSPS) is 15.1. The van der Waals surface area contributed by atoms with Crippen LogP contribution in [-0.4, -0.2) is 20.9 Å². The van der Waals surface area contributed by atoms with Gasteiger partial charge in [-0.05, 0) is 13.0 Å². The highest BCUT2D eigenvalue weighted by atomic mass is 16.4. The number of carboxylic acid groups (broad SMARTS) is 1. The first-order chi connectivity index (χ1) is 7.03. The highest BCUT2D eigenvalue weighted by Gasteiger charge is 2.32. The van der Waals surface area contributed by atoms with Gasteiger partial charge in [-0.2, -0.15) is 5.10 Å². The zero-order chi connectivity index (χ0) is 11.1. The van der Waals surface area contributed by atoms with E-state index in [1.807, 2.05) is 18.2 Å². The van der Waals surface area contributed by atoms with Gasteiger partial charge in [0.1, 0.15) is 0 Å². The minimum Gasteiger partial charge on any atom is -0.478 e. The minimum absolute atomic E-state index is 0.713. The third-order valence-corrected chi connectivity index (χ3v) is 2.35. The molecule has 0 amide bonds. The predicted molar refractivity (Wildman–Crippen MR) is 55.2 cm³/mol. The van der Waals surface area contributed by atoms with Crippen LogP contribution in [0.2, 0.25) is 0 Å².